The second kappa shape index (κ2) is 1.61. The smallest absolute Gasteiger partial charge is 0.0247 e. The molecule has 0 spiro atoms. The molecular weight excluding hydrogens is 76.1 g/mol. The zero-order valence-corrected chi connectivity index (χ0v) is 3.72. The normalized spacial score (nSPS) is 34.5. The predicted molar refractivity (Wildman–Crippen MR) is 24.2 cm³/mol. The third kappa shape index (κ3) is 0.716. The molecule has 0 bridgehead atoms. The van der Waals surface area contributed by atoms with Crippen molar-refractivity contribution in [2.45, 2.75) is 25.4 Å². The maximum Gasteiger partial charge on any atom is 0.0247 e. The lowest BCUT2D eigenvalue weighted by Crippen LogP contribution is -1.94. The van der Waals surface area contributed by atoms with E-state index in [0.717, 1.165) is 19.3 Å². The fraction of sp³-hybridized carbons (Fsp3) is 0.800. The molecule has 1 nitrogen and oxygen atoms in total. The summed E-state index contributed by atoms with van der Waals surface area (Å²) in [5.41, 5.74) is 0. The quantitative estimate of drug-likeness (QED) is 0.430. The zero-order chi connectivity index (χ0) is 4.41. The highest BCUT2D eigenvalue weighted by molar-refractivity contribution is 4.79. The van der Waals surface area contributed by atoms with Gasteiger partial charge in [0.05, 0.1) is 0 Å². The molecule has 1 aliphatic carbocycles. The van der Waals surface area contributed by atoms with Crippen molar-refractivity contribution in [1.29, 1.82) is 0 Å². The van der Waals surface area contributed by atoms with Crippen LogP contribution in [0, 0.1) is 6.42 Å². The molecule has 0 amide bonds. The number of aliphatic hydroxyl groups is 1. The van der Waals surface area contributed by atoms with Crippen molar-refractivity contribution in [2.75, 3.05) is 0 Å². The van der Waals surface area contributed by atoms with Gasteiger partial charge >= 0.3 is 0 Å². The Bertz CT molecular complexity index is 37.2. The molecule has 0 heterocycles. The first-order valence-corrected chi connectivity index (χ1v) is 2.39. The van der Waals surface area contributed by atoms with Crippen LogP contribution in [0.1, 0.15) is 19.3 Å². The molecule has 0 aliphatic heterocycles. The van der Waals surface area contributed by atoms with Crippen LogP contribution in [0.3, 0.4) is 0 Å². The average molecular weight is 85.1 g/mol. The van der Waals surface area contributed by atoms with Crippen LogP contribution in [0.25, 0.3) is 0 Å². The number of hydrogen-bond donors (Lipinski definition) is 1. The van der Waals surface area contributed by atoms with E-state index >= 15 is 0 Å². The molecule has 36 valence electrons. The van der Waals surface area contributed by atoms with Crippen LogP contribution in [0.2, 0.25) is 0 Å². The van der Waals surface area contributed by atoms with Crippen LogP contribution in [0.5, 0.6) is 0 Å². The third-order valence-electron chi connectivity index (χ3n) is 1.14. The Hall–Kier alpha value is -0.0400. The second-order valence-electron chi connectivity index (χ2n) is 1.76. The summed E-state index contributed by atoms with van der Waals surface area (Å²) in [6.07, 6.45) is 5.14. The maximum atomic E-state index is 8.70. The van der Waals surface area contributed by atoms with E-state index in [1.165, 1.54) is 0 Å². The summed E-state index contributed by atoms with van der Waals surface area (Å²) in [5.74, 6) is 0. The van der Waals surface area contributed by atoms with Crippen molar-refractivity contribution < 1.29 is 5.11 Å². The molecule has 1 atom stereocenters. The minimum atomic E-state index is -0.00926. The molecule has 0 saturated heterocycles. The van der Waals surface area contributed by atoms with Gasteiger partial charge in [-0.3, -0.25) is 0 Å². The molecule has 1 aliphatic rings. The highest BCUT2D eigenvalue weighted by Gasteiger charge is 2.00. The number of rotatable bonds is 0. The van der Waals surface area contributed by atoms with Gasteiger partial charge in [0.15, 0.2) is 0 Å². The van der Waals surface area contributed by atoms with E-state index in [2.05, 4.69) is 6.42 Å². The summed E-state index contributed by atoms with van der Waals surface area (Å²) in [7, 11) is 0. The monoisotopic (exact) mass is 85.1 g/mol. The van der Waals surface area contributed by atoms with Gasteiger partial charge in [-0.05, 0) is 0 Å². The van der Waals surface area contributed by atoms with Crippen LogP contribution >= 0.6 is 0 Å². The van der Waals surface area contributed by atoms with Gasteiger partial charge in [-0.2, -0.15) is 12.8 Å². The first kappa shape index (κ1) is 4.13. The average Bonchev–Trinajstić information content (AvgIpc) is 1.86. The van der Waals surface area contributed by atoms with Gasteiger partial charge < -0.3 is 11.5 Å². The highest BCUT2D eigenvalue weighted by Crippen LogP contribution is 2.15. The van der Waals surface area contributed by atoms with Gasteiger partial charge in [0.25, 0.3) is 0 Å². The largest absolute Gasteiger partial charge is 0.396 e. The van der Waals surface area contributed by atoms with E-state index in [-0.39, 0.29) is 6.10 Å². The summed E-state index contributed by atoms with van der Waals surface area (Å²) in [6.45, 7) is 0. The molecule has 1 fully saturated rings. The van der Waals surface area contributed by atoms with Crippen molar-refractivity contribution in [1.82, 2.24) is 0 Å². The molecule has 0 aromatic rings. The van der Waals surface area contributed by atoms with Gasteiger partial charge in [-0.25, -0.2) is 0 Å². The van der Waals surface area contributed by atoms with Crippen LogP contribution in [-0.2, 0) is 0 Å². The Kier molecular flexibility index (Phi) is 1.10. The lowest BCUT2D eigenvalue weighted by molar-refractivity contribution is 0.186. The molecule has 6 heavy (non-hydrogen) atoms. The first-order valence-electron chi connectivity index (χ1n) is 2.39. The third-order valence-corrected chi connectivity index (χ3v) is 1.14. The van der Waals surface area contributed by atoms with Crippen molar-refractivity contribution in [2.24, 2.45) is 0 Å². The minimum Gasteiger partial charge on any atom is -0.396 e. The van der Waals surface area contributed by atoms with Crippen molar-refractivity contribution in [3.8, 4) is 0 Å². The molecule has 1 saturated carbocycles. The van der Waals surface area contributed by atoms with Gasteiger partial charge in [0.2, 0.25) is 0 Å². The number of hydrogen-bond acceptors (Lipinski definition) is 1. The molecule has 1 N–H and O–H groups in total. The minimum absolute atomic E-state index is 0.00926. The topological polar surface area (TPSA) is 20.2 Å². The van der Waals surface area contributed by atoms with Crippen LogP contribution in [0.4, 0.5) is 0 Å². The van der Waals surface area contributed by atoms with E-state index < -0.39 is 0 Å². The van der Waals surface area contributed by atoms with E-state index in [4.69, 9.17) is 5.11 Å². The Labute approximate surface area is 38.0 Å². The molecule has 1 rings (SSSR count). The highest BCUT2D eigenvalue weighted by atomic mass is 16.3. The maximum absolute atomic E-state index is 8.70. The van der Waals surface area contributed by atoms with Gasteiger partial charge in [0, 0.05) is 6.10 Å². The summed E-state index contributed by atoms with van der Waals surface area (Å²) < 4.78 is 0. The van der Waals surface area contributed by atoms with Crippen LogP contribution < -0.4 is 0 Å². The molecule has 0 aromatic carbocycles. The summed E-state index contributed by atoms with van der Waals surface area (Å²) in [6, 6.07) is 0. The van der Waals surface area contributed by atoms with Gasteiger partial charge in [0.1, 0.15) is 0 Å². The summed E-state index contributed by atoms with van der Waals surface area (Å²) in [4.78, 5) is 0. The van der Waals surface area contributed by atoms with Crippen molar-refractivity contribution >= 4 is 0 Å². The predicted octanol–water partition coefficient (Wildman–Crippen LogP) is 0.735. The van der Waals surface area contributed by atoms with Crippen LogP contribution in [0.15, 0.2) is 0 Å². The van der Waals surface area contributed by atoms with E-state index in [9.17, 15) is 0 Å². The Balaban J connectivity index is 2.18. The second-order valence-corrected chi connectivity index (χ2v) is 1.76. The molecule has 1 heteroatoms. The lowest BCUT2D eigenvalue weighted by atomic mass is 10.3. The molecule has 0 aromatic heterocycles. The zero-order valence-electron chi connectivity index (χ0n) is 3.72. The van der Waals surface area contributed by atoms with E-state index in [1.54, 1.807) is 0 Å². The standard InChI is InChI=1S/C5H9O/c6-5-3-1-2-4-5/h1,5-6H,2-4H2/q-1. The first-order chi connectivity index (χ1) is 2.89. The van der Waals surface area contributed by atoms with Gasteiger partial charge in [-0.1, -0.05) is 6.42 Å². The van der Waals surface area contributed by atoms with E-state index in [0.29, 0.717) is 0 Å². The lowest BCUT2D eigenvalue weighted by Gasteiger charge is -1.97. The Morgan fingerprint density at radius 2 is 2.50 bits per heavy atom. The molecule has 1 unspecified atom stereocenters. The van der Waals surface area contributed by atoms with Crippen LogP contribution in [-0.4, -0.2) is 11.2 Å². The van der Waals surface area contributed by atoms with E-state index in [1.807, 2.05) is 0 Å². The Morgan fingerprint density at radius 1 is 1.67 bits per heavy atom. The van der Waals surface area contributed by atoms with Crippen molar-refractivity contribution in [3.63, 3.8) is 0 Å². The molecular formula is C5H9O-. The van der Waals surface area contributed by atoms with Crippen molar-refractivity contribution in [3.05, 3.63) is 6.42 Å². The SMILES string of the molecule is OC1C[CH-]CC1. The van der Waals surface area contributed by atoms with Gasteiger partial charge in [-0.15, -0.1) is 0 Å². The fourth-order valence-corrected chi connectivity index (χ4v) is 0.738. The Morgan fingerprint density at radius 3 is 2.67 bits per heavy atom. The summed E-state index contributed by atoms with van der Waals surface area (Å²) >= 11 is 0. The molecule has 0 radical (unpaired) electrons. The summed E-state index contributed by atoms with van der Waals surface area (Å²) in [5, 5.41) is 8.70. The fourth-order valence-electron chi connectivity index (χ4n) is 0.738. The number of aliphatic hydroxyl groups excluding tert-OH is 1.